The first-order valence-corrected chi connectivity index (χ1v) is 10.3. The Labute approximate surface area is 182 Å². The van der Waals surface area contributed by atoms with Gasteiger partial charge in [0.25, 0.3) is 5.69 Å². The lowest BCUT2D eigenvalue weighted by molar-refractivity contribution is -0.383. The number of hydrogen-bond acceptors (Lipinski definition) is 6. The van der Waals surface area contributed by atoms with Crippen molar-refractivity contribution in [2.45, 2.75) is 5.16 Å². The largest absolute Gasteiger partial charge is 0.320 e. The van der Waals surface area contributed by atoms with Gasteiger partial charge in [-0.25, -0.2) is 0 Å². The number of benzene rings is 3. The summed E-state index contributed by atoms with van der Waals surface area (Å²) in [6.07, 6.45) is 0. The van der Waals surface area contributed by atoms with E-state index in [0.29, 0.717) is 11.0 Å². The number of hydrogen-bond donors (Lipinski definition) is 1. The molecule has 1 amide bonds. The minimum atomic E-state index is -0.527. The van der Waals surface area contributed by atoms with Crippen molar-refractivity contribution in [3.8, 4) is 17.1 Å². The van der Waals surface area contributed by atoms with Gasteiger partial charge >= 0.3 is 0 Å². The van der Waals surface area contributed by atoms with Crippen molar-refractivity contribution in [1.82, 2.24) is 14.8 Å². The first kappa shape index (κ1) is 20.3. The molecule has 4 aromatic rings. The molecule has 0 aliphatic rings. The molecule has 4 rings (SSSR count). The van der Waals surface area contributed by atoms with Crippen LogP contribution < -0.4 is 5.32 Å². The molecule has 0 radical (unpaired) electrons. The van der Waals surface area contributed by atoms with Gasteiger partial charge in [0.2, 0.25) is 5.91 Å². The Bertz CT molecular complexity index is 1210. The summed E-state index contributed by atoms with van der Waals surface area (Å²) in [6, 6.07) is 25.3. The molecule has 0 spiro atoms. The third kappa shape index (κ3) is 4.62. The zero-order valence-electron chi connectivity index (χ0n) is 16.2. The van der Waals surface area contributed by atoms with E-state index in [1.165, 1.54) is 23.9 Å². The van der Waals surface area contributed by atoms with Gasteiger partial charge in [0, 0.05) is 17.3 Å². The SMILES string of the molecule is O=C(CSc1nnc(-c2ccccc2)n1-c1ccccc1)Nc1ccccc1[N+](=O)[O-]. The lowest BCUT2D eigenvalue weighted by atomic mass is 10.2. The minimum absolute atomic E-state index is 0.0196. The molecule has 1 aromatic heterocycles. The summed E-state index contributed by atoms with van der Waals surface area (Å²) in [4.78, 5) is 23.1. The number of para-hydroxylation sites is 3. The summed E-state index contributed by atoms with van der Waals surface area (Å²) in [6.45, 7) is 0. The number of nitro benzene ring substituents is 1. The molecule has 0 atom stereocenters. The Morgan fingerprint density at radius 2 is 1.58 bits per heavy atom. The maximum absolute atomic E-state index is 12.5. The molecule has 0 aliphatic carbocycles. The fourth-order valence-corrected chi connectivity index (χ4v) is 3.75. The summed E-state index contributed by atoms with van der Waals surface area (Å²) in [5, 5.41) is 22.9. The van der Waals surface area contributed by atoms with Crippen LogP contribution >= 0.6 is 11.8 Å². The first-order chi connectivity index (χ1) is 15.1. The predicted molar refractivity (Wildman–Crippen MR) is 119 cm³/mol. The normalized spacial score (nSPS) is 10.6. The van der Waals surface area contributed by atoms with Gasteiger partial charge in [-0.05, 0) is 18.2 Å². The van der Waals surface area contributed by atoms with Gasteiger partial charge in [-0.1, -0.05) is 72.4 Å². The van der Waals surface area contributed by atoms with Gasteiger partial charge in [0.05, 0.1) is 10.7 Å². The zero-order valence-corrected chi connectivity index (χ0v) is 17.0. The molecular formula is C22H17N5O3S. The smallest absolute Gasteiger partial charge is 0.292 e. The highest BCUT2D eigenvalue weighted by molar-refractivity contribution is 7.99. The van der Waals surface area contributed by atoms with Gasteiger partial charge < -0.3 is 5.32 Å². The fourth-order valence-electron chi connectivity index (χ4n) is 3.00. The van der Waals surface area contributed by atoms with Crippen LogP contribution in [-0.2, 0) is 4.79 Å². The number of aromatic nitrogens is 3. The molecule has 0 fully saturated rings. The average molecular weight is 431 g/mol. The summed E-state index contributed by atoms with van der Waals surface area (Å²) in [7, 11) is 0. The number of rotatable bonds is 7. The van der Waals surface area contributed by atoms with Gasteiger partial charge in [0.15, 0.2) is 11.0 Å². The summed E-state index contributed by atoms with van der Waals surface area (Å²) >= 11 is 1.21. The number of nitrogens with one attached hydrogen (secondary N) is 1. The number of carbonyl (C=O) groups excluding carboxylic acids is 1. The van der Waals surface area contributed by atoms with E-state index in [4.69, 9.17) is 0 Å². The molecule has 0 aliphatic heterocycles. The zero-order chi connectivity index (χ0) is 21.6. The van der Waals surface area contributed by atoms with Gasteiger partial charge in [-0.3, -0.25) is 19.5 Å². The molecular weight excluding hydrogens is 414 g/mol. The van der Waals surface area contributed by atoms with Crippen LogP contribution in [0.2, 0.25) is 0 Å². The number of thioether (sulfide) groups is 1. The molecule has 9 heteroatoms. The summed E-state index contributed by atoms with van der Waals surface area (Å²) in [5.41, 5.74) is 1.77. The van der Waals surface area contributed by atoms with Crippen molar-refractivity contribution in [3.63, 3.8) is 0 Å². The Hall–Kier alpha value is -3.98. The third-order valence-corrected chi connectivity index (χ3v) is 5.32. The molecule has 1 heterocycles. The Balaban J connectivity index is 1.57. The summed E-state index contributed by atoms with van der Waals surface area (Å²) in [5.74, 6) is 0.308. The topological polar surface area (TPSA) is 103 Å². The molecule has 0 saturated carbocycles. The Morgan fingerprint density at radius 1 is 0.935 bits per heavy atom. The number of amides is 1. The number of nitrogens with zero attached hydrogens (tertiary/aromatic N) is 4. The standard InChI is InChI=1S/C22H17N5O3S/c28-20(23-18-13-7-8-14-19(18)27(29)30)15-31-22-25-24-21(16-9-3-1-4-10-16)26(22)17-11-5-2-6-12-17/h1-14H,15H2,(H,23,28). The van der Waals surface area contributed by atoms with Crippen LogP contribution in [0.15, 0.2) is 90.1 Å². The van der Waals surface area contributed by atoms with E-state index in [0.717, 1.165) is 11.3 Å². The molecule has 31 heavy (non-hydrogen) atoms. The second kappa shape index (κ2) is 9.23. The monoisotopic (exact) mass is 431 g/mol. The molecule has 3 aromatic carbocycles. The van der Waals surface area contributed by atoms with Crippen molar-refractivity contribution in [2.24, 2.45) is 0 Å². The fraction of sp³-hybridized carbons (Fsp3) is 0.0455. The van der Waals surface area contributed by atoms with E-state index < -0.39 is 4.92 Å². The highest BCUT2D eigenvalue weighted by Crippen LogP contribution is 2.28. The first-order valence-electron chi connectivity index (χ1n) is 9.36. The number of carbonyl (C=O) groups is 1. The molecule has 154 valence electrons. The van der Waals surface area contributed by atoms with E-state index in [-0.39, 0.29) is 23.0 Å². The van der Waals surface area contributed by atoms with Gasteiger partial charge in [-0.15, -0.1) is 10.2 Å². The minimum Gasteiger partial charge on any atom is -0.320 e. The van der Waals surface area contributed by atoms with E-state index in [2.05, 4.69) is 15.5 Å². The van der Waals surface area contributed by atoms with Crippen molar-refractivity contribution in [1.29, 1.82) is 0 Å². The van der Waals surface area contributed by atoms with Crippen molar-refractivity contribution in [3.05, 3.63) is 95.0 Å². The Morgan fingerprint density at radius 3 is 2.29 bits per heavy atom. The second-order valence-electron chi connectivity index (χ2n) is 6.45. The predicted octanol–water partition coefficient (Wildman–Crippen LogP) is 4.57. The van der Waals surface area contributed by atoms with Crippen LogP contribution in [0.25, 0.3) is 17.1 Å². The third-order valence-electron chi connectivity index (χ3n) is 4.39. The van der Waals surface area contributed by atoms with E-state index in [9.17, 15) is 14.9 Å². The van der Waals surface area contributed by atoms with Crippen LogP contribution in [0.4, 0.5) is 11.4 Å². The lowest BCUT2D eigenvalue weighted by Gasteiger charge is -2.10. The molecule has 1 N–H and O–H groups in total. The average Bonchev–Trinajstić information content (AvgIpc) is 3.23. The van der Waals surface area contributed by atoms with Crippen LogP contribution in [-0.4, -0.2) is 31.3 Å². The molecule has 0 unspecified atom stereocenters. The van der Waals surface area contributed by atoms with Crippen LogP contribution in [0.5, 0.6) is 0 Å². The van der Waals surface area contributed by atoms with Crippen molar-refractivity contribution in [2.75, 3.05) is 11.1 Å². The van der Waals surface area contributed by atoms with E-state index >= 15 is 0 Å². The Kier molecular flexibility index (Phi) is 6.04. The van der Waals surface area contributed by atoms with Crippen molar-refractivity contribution >= 4 is 29.0 Å². The second-order valence-corrected chi connectivity index (χ2v) is 7.40. The quantitative estimate of drug-likeness (QED) is 0.261. The highest BCUT2D eigenvalue weighted by atomic mass is 32.2. The van der Waals surface area contributed by atoms with E-state index in [1.807, 2.05) is 65.2 Å². The molecule has 0 saturated heterocycles. The number of anilines is 1. The number of nitro groups is 1. The van der Waals surface area contributed by atoms with Crippen LogP contribution in [0, 0.1) is 10.1 Å². The van der Waals surface area contributed by atoms with Gasteiger partial charge in [-0.2, -0.15) is 0 Å². The van der Waals surface area contributed by atoms with Crippen molar-refractivity contribution < 1.29 is 9.72 Å². The van der Waals surface area contributed by atoms with Crippen LogP contribution in [0.3, 0.4) is 0 Å². The highest BCUT2D eigenvalue weighted by Gasteiger charge is 2.19. The van der Waals surface area contributed by atoms with Crippen LogP contribution in [0.1, 0.15) is 0 Å². The molecule has 8 nitrogen and oxygen atoms in total. The van der Waals surface area contributed by atoms with E-state index in [1.54, 1.807) is 12.1 Å². The maximum Gasteiger partial charge on any atom is 0.292 e. The lowest BCUT2D eigenvalue weighted by Crippen LogP contribution is -2.15. The maximum atomic E-state index is 12.5. The molecule has 0 bridgehead atoms. The summed E-state index contributed by atoms with van der Waals surface area (Å²) < 4.78 is 1.89. The van der Waals surface area contributed by atoms with Gasteiger partial charge in [0.1, 0.15) is 5.69 Å².